The van der Waals surface area contributed by atoms with Crippen molar-refractivity contribution in [2.75, 3.05) is 36.5 Å². The Hall–Kier alpha value is -3.19. The number of nitrogens with zero attached hydrogens (tertiary/aromatic N) is 2. The van der Waals surface area contributed by atoms with Crippen LogP contribution in [0.15, 0.2) is 54.6 Å². The third kappa shape index (κ3) is 4.84. The quantitative estimate of drug-likeness (QED) is 0.353. The van der Waals surface area contributed by atoms with Crippen LogP contribution in [-0.2, 0) is 6.42 Å². The topological polar surface area (TPSA) is 38.7 Å². The zero-order valence-electron chi connectivity index (χ0n) is 21.6. The van der Waals surface area contributed by atoms with Crippen LogP contribution >= 0.6 is 0 Å². The van der Waals surface area contributed by atoms with Gasteiger partial charge in [0.2, 0.25) is 0 Å². The van der Waals surface area contributed by atoms with Gasteiger partial charge in [0.25, 0.3) is 0 Å². The van der Waals surface area contributed by atoms with E-state index in [1.807, 2.05) is 0 Å². The number of phenolic OH excluding ortho intramolecular Hbond substituents is 1. The van der Waals surface area contributed by atoms with Crippen LogP contribution in [0.1, 0.15) is 60.4 Å². The Bertz CT molecular complexity index is 1280. The first kappa shape index (κ1) is 25.1. The summed E-state index contributed by atoms with van der Waals surface area (Å²) in [6.07, 6.45) is 3.59. The van der Waals surface area contributed by atoms with Gasteiger partial charge in [-0.25, -0.2) is 8.78 Å². The van der Waals surface area contributed by atoms with Crippen LogP contribution in [0, 0.1) is 11.6 Å². The average Bonchev–Trinajstić information content (AvgIpc) is 3.70. The highest BCUT2D eigenvalue weighted by atomic mass is 19.1. The normalized spacial score (nSPS) is 21.7. The zero-order valence-corrected chi connectivity index (χ0v) is 21.6. The van der Waals surface area contributed by atoms with Gasteiger partial charge >= 0.3 is 0 Å². The largest absolute Gasteiger partial charge is 0.508 e. The predicted octanol–water partition coefficient (Wildman–Crippen LogP) is 6.54. The number of hydrogen-bond acceptors (Lipinski definition) is 4. The highest BCUT2D eigenvalue weighted by molar-refractivity contribution is 5.60. The second-order valence-corrected chi connectivity index (χ2v) is 11.1. The van der Waals surface area contributed by atoms with Gasteiger partial charge in [-0.3, -0.25) is 9.29 Å². The molecule has 2 heterocycles. The fraction of sp³-hybridized carbons (Fsp3) is 0.419. The molecule has 4 nitrogen and oxygen atoms in total. The maximum atomic E-state index is 15.9. The van der Waals surface area contributed by atoms with E-state index in [1.165, 1.54) is 30.5 Å². The van der Waals surface area contributed by atoms with Crippen LogP contribution in [0.25, 0.3) is 0 Å². The minimum Gasteiger partial charge on any atom is -0.508 e. The molecule has 0 aromatic heterocycles. The fourth-order valence-electron chi connectivity index (χ4n) is 6.18. The van der Waals surface area contributed by atoms with Crippen LogP contribution in [0.5, 0.6) is 5.75 Å². The number of phenols is 1. The standard InChI is InChI=1S/C31H34F3N3O/c1-19-13-22-14-26(38)9-10-27(22)31(37(19)25-7-5-21(6-8-25)20-3-4-20)30-28(33)15-23(16-29(30)34)35-24-17-36(18-24)12-2-11-32/h5-10,14-16,19-20,24,31,35,38H,2-4,11-13,17-18H2,1H3/t19-,31+/m1/s1. The predicted molar refractivity (Wildman–Crippen MR) is 145 cm³/mol. The molecule has 38 heavy (non-hydrogen) atoms. The number of benzene rings is 3. The molecule has 200 valence electrons. The minimum atomic E-state index is -0.671. The molecule has 1 aliphatic carbocycles. The van der Waals surface area contributed by atoms with Crippen molar-refractivity contribution in [2.24, 2.45) is 0 Å². The van der Waals surface area contributed by atoms with Gasteiger partial charge in [0.1, 0.15) is 17.4 Å². The Morgan fingerprint density at radius 2 is 1.68 bits per heavy atom. The van der Waals surface area contributed by atoms with Gasteiger partial charge in [0.15, 0.2) is 0 Å². The number of halogens is 3. The Morgan fingerprint density at radius 1 is 0.974 bits per heavy atom. The number of likely N-dealkylation sites (tertiary alicyclic amines) is 1. The maximum absolute atomic E-state index is 15.9. The van der Waals surface area contributed by atoms with Crippen LogP contribution in [-0.4, -0.2) is 48.4 Å². The molecule has 7 heteroatoms. The molecule has 3 aromatic carbocycles. The first-order valence-corrected chi connectivity index (χ1v) is 13.6. The molecule has 0 spiro atoms. The number of aromatic hydroxyl groups is 1. The van der Waals surface area contributed by atoms with Crippen molar-refractivity contribution in [1.29, 1.82) is 0 Å². The number of anilines is 2. The number of alkyl halides is 1. The summed E-state index contributed by atoms with van der Waals surface area (Å²) < 4.78 is 44.2. The summed E-state index contributed by atoms with van der Waals surface area (Å²) in [5.74, 6) is -0.417. The summed E-state index contributed by atoms with van der Waals surface area (Å²) in [5, 5.41) is 13.4. The summed E-state index contributed by atoms with van der Waals surface area (Å²) in [6, 6.07) is 15.6. The third-order valence-corrected chi connectivity index (χ3v) is 8.22. The lowest BCUT2D eigenvalue weighted by molar-refractivity contribution is 0.155. The summed E-state index contributed by atoms with van der Waals surface area (Å²) in [7, 11) is 0. The highest BCUT2D eigenvalue weighted by Crippen LogP contribution is 2.45. The monoisotopic (exact) mass is 521 g/mol. The lowest BCUT2D eigenvalue weighted by Crippen LogP contribution is -2.54. The van der Waals surface area contributed by atoms with Gasteiger partial charge in [-0.1, -0.05) is 18.2 Å². The molecule has 2 atom stereocenters. The van der Waals surface area contributed by atoms with Crippen LogP contribution in [0.2, 0.25) is 0 Å². The van der Waals surface area contributed by atoms with E-state index in [0.29, 0.717) is 31.0 Å². The molecule has 1 saturated heterocycles. The number of hydrogen-bond donors (Lipinski definition) is 2. The zero-order chi connectivity index (χ0) is 26.4. The second kappa shape index (κ2) is 10.2. The van der Waals surface area contributed by atoms with Gasteiger partial charge in [-0.15, -0.1) is 0 Å². The van der Waals surface area contributed by atoms with Gasteiger partial charge in [-0.2, -0.15) is 0 Å². The Labute approximate surface area is 222 Å². The second-order valence-electron chi connectivity index (χ2n) is 11.1. The van der Waals surface area contributed by atoms with E-state index >= 15 is 8.78 Å². The summed E-state index contributed by atoms with van der Waals surface area (Å²) in [5.41, 5.74) is 4.36. The number of fused-ring (bicyclic) bond motifs is 1. The van der Waals surface area contributed by atoms with E-state index in [0.717, 1.165) is 29.9 Å². The smallest absolute Gasteiger partial charge is 0.133 e. The van der Waals surface area contributed by atoms with Crippen molar-refractivity contribution in [3.63, 3.8) is 0 Å². The molecule has 2 fully saturated rings. The summed E-state index contributed by atoms with van der Waals surface area (Å²) in [6.45, 7) is 3.88. The summed E-state index contributed by atoms with van der Waals surface area (Å²) in [4.78, 5) is 4.24. The molecule has 0 amide bonds. The van der Waals surface area contributed by atoms with Gasteiger partial charge in [0.05, 0.1) is 24.3 Å². The van der Waals surface area contributed by atoms with E-state index in [4.69, 9.17) is 0 Å². The van der Waals surface area contributed by atoms with Crippen LogP contribution in [0.4, 0.5) is 24.5 Å². The van der Waals surface area contributed by atoms with E-state index in [9.17, 15) is 9.50 Å². The van der Waals surface area contributed by atoms with E-state index in [1.54, 1.807) is 18.2 Å². The highest BCUT2D eigenvalue weighted by Gasteiger charge is 2.37. The number of rotatable bonds is 8. The molecule has 1 saturated carbocycles. The third-order valence-electron chi connectivity index (χ3n) is 8.22. The van der Waals surface area contributed by atoms with Crippen molar-refractivity contribution in [3.05, 3.63) is 88.5 Å². The molecule has 0 bridgehead atoms. The molecule has 2 aliphatic heterocycles. The first-order chi connectivity index (χ1) is 18.4. The fourth-order valence-corrected chi connectivity index (χ4v) is 6.18. The molecule has 6 rings (SSSR count). The molecule has 0 radical (unpaired) electrons. The molecule has 3 aromatic rings. The van der Waals surface area contributed by atoms with E-state index < -0.39 is 17.7 Å². The Balaban J connectivity index is 1.33. The van der Waals surface area contributed by atoms with Crippen molar-refractivity contribution >= 4 is 11.4 Å². The maximum Gasteiger partial charge on any atom is 0.133 e. The molecular formula is C31H34F3N3O. The van der Waals surface area contributed by atoms with E-state index in [-0.39, 0.29) is 30.1 Å². The molecular weight excluding hydrogens is 487 g/mol. The van der Waals surface area contributed by atoms with Crippen molar-refractivity contribution < 1.29 is 18.3 Å². The van der Waals surface area contributed by atoms with Crippen LogP contribution in [0.3, 0.4) is 0 Å². The summed E-state index contributed by atoms with van der Waals surface area (Å²) >= 11 is 0. The number of nitrogens with one attached hydrogen (secondary N) is 1. The Morgan fingerprint density at radius 3 is 2.34 bits per heavy atom. The van der Waals surface area contributed by atoms with Crippen molar-refractivity contribution in [1.82, 2.24) is 4.90 Å². The first-order valence-electron chi connectivity index (χ1n) is 13.6. The lowest BCUT2D eigenvalue weighted by atomic mass is 9.84. The van der Waals surface area contributed by atoms with E-state index in [2.05, 4.69) is 46.3 Å². The molecule has 2 N–H and O–H groups in total. The Kier molecular flexibility index (Phi) is 6.72. The van der Waals surface area contributed by atoms with Crippen LogP contribution < -0.4 is 10.2 Å². The molecule has 0 unspecified atom stereocenters. The van der Waals surface area contributed by atoms with Crippen molar-refractivity contribution in [3.8, 4) is 5.75 Å². The average molecular weight is 522 g/mol. The minimum absolute atomic E-state index is 0.0125. The molecule has 3 aliphatic rings. The van der Waals surface area contributed by atoms with Gasteiger partial charge in [-0.05, 0) is 91.6 Å². The van der Waals surface area contributed by atoms with Gasteiger partial charge in [0, 0.05) is 37.1 Å². The SMILES string of the molecule is C[C@@H]1Cc2cc(O)ccc2[C@@H](c2c(F)cc(NC3CN(CCCF)C3)cc2F)N1c1ccc(C2CC2)cc1. The van der Waals surface area contributed by atoms with Crippen molar-refractivity contribution in [2.45, 2.75) is 56.7 Å². The van der Waals surface area contributed by atoms with Gasteiger partial charge < -0.3 is 15.3 Å². The lowest BCUT2D eigenvalue weighted by Gasteiger charge is -2.44.